The van der Waals surface area contributed by atoms with Gasteiger partial charge in [0.1, 0.15) is 0 Å². The number of aryl methyl sites for hydroxylation is 2. The highest BCUT2D eigenvalue weighted by atomic mass is 32.2. The Morgan fingerprint density at radius 3 is 2.85 bits per heavy atom. The molecule has 1 aromatic carbocycles. The lowest BCUT2D eigenvalue weighted by atomic mass is 10.1. The van der Waals surface area contributed by atoms with Gasteiger partial charge in [-0.15, -0.1) is 0 Å². The molecule has 0 spiro atoms. The third kappa shape index (κ3) is 3.71. The van der Waals surface area contributed by atoms with E-state index in [0.29, 0.717) is 16.5 Å². The van der Waals surface area contributed by atoms with Gasteiger partial charge in [-0.05, 0) is 31.5 Å². The van der Waals surface area contributed by atoms with E-state index in [4.69, 9.17) is 5.73 Å². The minimum atomic E-state index is -0.124. The maximum atomic E-state index is 11.9. The highest BCUT2D eigenvalue weighted by molar-refractivity contribution is 7.99. The summed E-state index contributed by atoms with van der Waals surface area (Å²) in [4.78, 5) is 20.3. The highest BCUT2D eigenvalue weighted by Crippen LogP contribution is 2.23. The fourth-order valence-corrected chi connectivity index (χ4v) is 2.34. The zero-order valence-corrected chi connectivity index (χ0v) is 12.2. The van der Waals surface area contributed by atoms with Crippen LogP contribution in [0.5, 0.6) is 0 Å². The van der Waals surface area contributed by atoms with E-state index in [9.17, 15) is 4.79 Å². The van der Waals surface area contributed by atoms with Gasteiger partial charge in [0.15, 0.2) is 5.16 Å². The maximum Gasteiger partial charge on any atom is 0.234 e. The summed E-state index contributed by atoms with van der Waals surface area (Å²) in [5, 5.41) is 3.42. The summed E-state index contributed by atoms with van der Waals surface area (Å²) in [6, 6.07) is 7.34. The minimum Gasteiger partial charge on any atom is -0.397 e. The van der Waals surface area contributed by atoms with Gasteiger partial charge in [-0.3, -0.25) is 4.79 Å². The van der Waals surface area contributed by atoms with Crippen molar-refractivity contribution in [2.45, 2.75) is 19.0 Å². The molecule has 0 aliphatic rings. The Morgan fingerprint density at radius 2 is 2.15 bits per heavy atom. The number of rotatable bonds is 4. The lowest BCUT2D eigenvalue weighted by molar-refractivity contribution is -0.113. The molecular weight excluding hydrogens is 272 g/mol. The zero-order valence-electron chi connectivity index (χ0n) is 11.4. The maximum absolute atomic E-state index is 11.9. The number of hydrogen-bond donors (Lipinski definition) is 2. The predicted octanol–water partition coefficient (Wildman–Crippen LogP) is 2.41. The van der Waals surface area contributed by atoms with Crippen LogP contribution in [-0.2, 0) is 4.79 Å². The number of nitrogens with one attached hydrogen (secondary N) is 1. The molecule has 0 aliphatic heterocycles. The molecule has 2 aromatic rings. The van der Waals surface area contributed by atoms with Crippen LogP contribution in [0.15, 0.2) is 35.6 Å². The van der Waals surface area contributed by atoms with E-state index in [0.717, 1.165) is 11.3 Å². The third-order valence-corrected chi connectivity index (χ3v) is 3.54. The Labute approximate surface area is 122 Å². The number of hydrogen-bond acceptors (Lipinski definition) is 5. The van der Waals surface area contributed by atoms with E-state index in [2.05, 4.69) is 15.3 Å². The molecule has 0 bridgehead atoms. The second kappa shape index (κ2) is 6.38. The van der Waals surface area contributed by atoms with Crippen molar-refractivity contribution in [3.8, 4) is 0 Å². The molecule has 0 saturated heterocycles. The third-order valence-electron chi connectivity index (χ3n) is 2.67. The van der Waals surface area contributed by atoms with Crippen LogP contribution >= 0.6 is 11.8 Å². The number of anilines is 2. The first-order chi connectivity index (χ1) is 9.56. The summed E-state index contributed by atoms with van der Waals surface area (Å²) >= 11 is 1.30. The van der Waals surface area contributed by atoms with Crippen molar-refractivity contribution >= 4 is 29.0 Å². The van der Waals surface area contributed by atoms with Crippen molar-refractivity contribution in [1.29, 1.82) is 0 Å². The van der Waals surface area contributed by atoms with Crippen LogP contribution in [0.1, 0.15) is 11.3 Å². The first-order valence-electron chi connectivity index (χ1n) is 6.13. The predicted molar refractivity (Wildman–Crippen MR) is 81.7 cm³/mol. The van der Waals surface area contributed by atoms with Crippen LogP contribution in [-0.4, -0.2) is 21.6 Å². The van der Waals surface area contributed by atoms with Gasteiger partial charge in [-0.1, -0.05) is 23.9 Å². The molecule has 1 amide bonds. The van der Waals surface area contributed by atoms with E-state index in [1.165, 1.54) is 11.8 Å². The Balaban J connectivity index is 1.96. The van der Waals surface area contributed by atoms with Gasteiger partial charge < -0.3 is 11.1 Å². The van der Waals surface area contributed by atoms with E-state index in [1.54, 1.807) is 12.3 Å². The lowest BCUT2D eigenvalue weighted by Gasteiger charge is -2.10. The van der Waals surface area contributed by atoms with Crippen molar-refractivity contribution < 1.29 is 4.79 Å². The summed E-state index contributed by atoms with van der Waals surface area (Å²) in [5.41, 5.74) is 8.91. The molecule has 0 aliphatic carbocycles. The summed E-state index contributed by atoms with van der Waals surface area (Å²) < 4.78 is 0. The monoisotopic (exact) mass is 288 g/mol. The number of carbonyl (C=O) groups excluding carboxylic acids is 1. The summed E-state index contributed by atoms with van der Waals surface area (Å²) in [5.74, 6) is 0.123. The number of nitrogens with zero attached hydrogens (tertiary/aromatic N) is 2. The largest absolute Gasteiger partial charge is 0.397 e. The number of para-hydroxylation sites is 1. The average Bonchev–Trinajstić information content (AvgIpc) is 2.41. The molecule has 104 valence electrons. The normalized spacial score (nSPS) is 10.3. The fourth-order valence-electron chi connectivity index (χ4n) is 1.66. The second-order valence-electron chi connectivity index (χ2n) is 4.36. The van der Waals surface area contributed by atoms with Crippen LogP contribution in [0.3, 0.4) is 0 Å². The molecule has 0 unspecified atom stereocenters. The van der Waals surface area contributed by atoms with Crippen molar-refractivity contribution in [3.63, 3.8) is 0 Å². The summed E-state index contributed by atoms with van der Waals surface area (Å²) in [6.07, 6.45) is 1.68. The van der Waals surface area contributed by atoms with Gasteiger partial charge in [-0.25, -0.2) is 9.97 Å². The molecule has 1 aromatic heterocycles. The second-order valence-corrected chi connectivity index (χ2v) is 5.30. The van der Waals surface area contributed by atoms with Gasteiger partial charge in [0.05, 0.1) is 17.1 Å². The Hall–Kier alpha value is -2.08. The van der Waals surface area contributed by atoms with Crippen molar-refractivity contribution in [3.05, 3.63) is 41.7 Å². The SMILES string of the molecule is Cc1ccnc(SCC(=O)Nc2c(C)cccc2N)n1. The first-order valence-corrected chi connectivity index (χ1v) is 7.12. The molecular formula is C14H16N4OS. The first kappa shape index (κ1) is 14.3. The number of thioether (sulfide) groups is 1. The summed E-state index contributed by atoms with van der Waals surface area (Å²) in [7, 11) is 0. The number of nitrogen functional groups attached to an aromatic ring is 1. The zero-order chi connectivity index (χ0) is 14.5. The molecule has 3 N–H and O–H groups in total. The van der Waals surface area contributed by atoms with Crippen LogP contribution < -0.4 is 11.1 Å². The van der Waals surface area contributed by atoms with Crippen LogP contribution in [0.2, 0.25) is 0 Å². The lowest BCUT2D eigenvalue weighted by Crippen LogP contribution is -2.16. The molecule has 20 heavy (non-hydrogen) atoms. The smallest absolute Gasteiger partial charge is 0.234 e. The van der Waals surface area contributed by atoms with Crippen LogP contribution in [0, 0.1) is 13.8 Å². The van der Waals surface area contributed by atoms with Crippen molar-refractivity contribution in [2.24, 2.45) is 0 Å². The molecule has 2 rings (SSSR count). The van der Waals surface area contributed by atoms with Crippen molar-refractivity contribution in [1.82, 2.24) is 9.97 Å². The van der Waals surface area contributed by atoms with Gasteiger partial charge in [0.2, 0.25) is 5.91 Å². The minimum absolute atomic E-state index is 0.124. The van der Waals surface area contributed by atoms with Crippen LogP contribution in [0.25, 0.3) is 0 Å². The summed E-state index contributed by atoms with van der Waals surface area (Å²) in [6.45, 7) is 3.79. The number of amides is 1. The molecule has 1 heterocycles. The molecule has 0 radical (unpaired) electrons. The average molecular weight is 288 g/mol. The quantitative estimate of drug-likeness (QED) is 0.513. The van der Waals surface area contributed by atoms with Gasteiger partial charge in [0.25, 0.3) is 0 Å². The Bertz CT molecular complexity index is 610. The van der Waals surface area contributed by atoms with Crippen LogP contribution in [0.4, 0.5) is 11.4 Å². The van der Waals surface area contributed by atoms with E-state index in [-0.39, 0.29) is 11.7 Å². The molecule has 5 nitrogen and oxygen atoms in total. The van der Waals surface area contributed by atoms with E-state index >= 15 is 0 Å². The Morgan fingerprint density at radius 1 is 1.35 bits per heavy atom. The molecule has 6 heteroatoms. The van der Waals surface area contributed by atoms with E-state index < -0.39 is 0 Å². The topological polar surface area (TPSA) is 80.9 Å². The van der Waals surface area contributed by atoms with E-state index in [1.807, 2.05) is 32.0 Å². The fraction of sp³-hybridized carbons (Fsp3) is 0.214. The number of aromatic nitrogens is 2. The highest BCUT2D eigenvalue weighted by Gasteiger charge is 2.09. The standard InChI is InChI=1S/C14H16N4OS/c1-9-4-3-5-11(15)13(9)18-12(19)8-20-14-16-7-6-10(2)17-14/h3-7H,8,15H2,1-2H3,(H,18,19). The number of carbonyl (C=O) groups is 1. The molecule has 0 fully saturated rings. The Kier molecular flexibility index (Phi) is 4.57. The van der Waals surface area contributed by atoms with Gasteiger partial charge >= 0.3 is 0 Å². The molecule has 0 atom stereocenters. The van der Waals surface area contributed by atoms with Gasteiger partial charge in [0, 0.05) is 11.9 Å². The number of benzene rings is 1. The van der Waals surface area contributed by atoms with Gasteiger partial charge in [-0.2, -0.15) is 0 Å². The van der Waals surface area contributed by atoms with Crippen molar-refractivity contribution in [2.75, 3.05) is 16.8 Å². The number of nitrogens with two attached hydrogens (primary N) is 1. The molecule has 0 saturated carbocycles.